The van der Waals surface area contributed by atoms with Crippen LogP contribution in [-0.2, 0) is 4.79 Å². The van der Waals surface area contributed by atoms with Crippen molar-refractivity contribution in [2.75, 3.05) is 19.6 Å². The maximum Gasteiger partial charge on any atom is 0.280 e. The molecule has 1 aromatic rings. The Balaban J connectivity index is 1.63. The summed E-state index contributed by atoms with van der Waals surface area (Å²) in [5.74, 6) is -0.797. The highest BCUT2D eigenvalue weighted by Gasteiger charge is 2.35. The molecule has 0 saturated carbocycles. The predicted octanol–water partition coefficient (Wildman–Crippen LogP) is 2.21. The molecule has 1 amide bonds. The number of nitrogens with one attached hydrogen (secondary N) is 1. The molecule has 0 aromatic heterocycles. The molecule has 0 aliphatic carbocycles. The molecule has 1 unspecified atom stereocenters. The van der Waals surface area contributed by atoms with Gasteiger partial charge < -0.3 is 10.2 Å². The normalized spacial score (nSPS) is 29.2. The summed E-state index contributed by atoms with van der Waals surface area (Å²) in [6, 6.07) is 9.17. The summed E-state index contributed by atoms with van der Waals surface area (Å²) >= 11 is 0. The Morgan fingerprint density at radius 3 is 2.55 bits per heavy atom. The van der Waals surface area contributed by atoms with Crippen LogP contribution >= 0.6 is 0 Å². The molecule has 1 aromatic carbocycles. The third-order valence-electron chi connectivity index (χ3n) is 4.28. The van der Waals surface area contributed by atoms with Crippen LogP contribution in [0.4, 0.5) is 4.39 Å². The van der Waals surface area contributed by atoms with Gasteiger partial charge in [0.2, 0.25) is 0 Å². The van der Waals surface area contributed by atoms with E-state index in [1.807, 2.05) is 18.2 Å². The molecular formula is C16H19FN2O. The zero-order valence-corrected chi connectivity index (χ0v) is 11.4. The predicted molar refractivity (Wildman–Crippen MR) is 76.6 cm³/mol. The number of piperidine rings is 3. The van der Waals surface area contributed by atoms with Gasteiger partial charge in [0.05, 0.1) is 0 Å². The SMILES string of the molecule is O=C(NC1CN2CCC1CC2)C(F)=Cc1ccccc1. The summed E-state index contributed by atoms with van der Waals surface area (Å²) in [5.41, 5.74) is 0.703. The van der Waals surface area contributed by atoms with E-state index in [-0.39, 0.29) is 6.04 Å². The van der Waals surface area contributed by atoms with Crippen LogP contribution in [0.3, 0.4) is 0 Å². The maximum atomic E-state index is 13.9. The minimum atomic E-state index is -0.715. The van der Waals surface area contributed by atoms with Crippen molar-refractivity contribution in [1.82, 2.24) is 10.2 Å². The molecular weight excluding hydrogens is 255 g/mol. The van der Waals surface area contributed by atoms with E-state index < -0.39 is 11.7 Å². The first-order valence-corrected chi connectivity index (χ1v) is 7.18. The first-order valence-electron chi connectivity index (χ1n) is 7.18. The van der Waals surface area contributed by atoms with Crippen LogP contribution < -0.4 is 5.32 Å². The average Bonchev–Trinajstić information content (AvgIpc) is 2.49. The summed E-state index contributed by atoms with van der Waals surface area (Å²) in [7, 11) is 0. The molecule has 2 bridgehead atoms. The topological polar surface area (TPSA) is 32.3 Å². The van der Waals surface area contributed by atoms with Crippen LogP contribution in [0.2, 0.25) is 0 Å². The van der Waals surface area contributed by atoms with Crippen molar-refractivity contribution in [1.29, 1.82) is 0 Å². The first-order chi connectivity index (χ1) is 9.72. The third-order valence-corrected chi connectivity index (χ3v) is 4.28. The fraction of sp³-hybridized carbons (Fsp3) is 0.438. The first kappa shape index (κ1) is 13.3. The lowest BCUT2D eigenvalue weighted by atomic mass is 9.84. The number of benzene rings is 1. The van der Waals surface area contributed by atoms with E-state index in [0.29, 0.717) is 11.5 Å². The highest BCUT2D eigenvalue weighted by molar-refractivity contribution is 5.95. The molecule has 3 aliphatic rings. The third kappa shape index (κ3) is 2.90. The number of rotatable bonds is 3. The zero-order chi connectivity index (χ0) is 13.9. The Hall–Kier alpha value is -1.68. The molecule has 3 heterocycles. The lowest BCUT2D eigenvalue weighted by Crippen LogP contribution is -2.57. The second-order valence-electron chi connectivity index (χ2n) is 5.62. The van der Waals surface area contributed by atoms with E-state index >= 15 is 0 Å². The lowest BCUT2D eigenvalue weighted by molar-refractivity contribution is -0.120. The molecule has 4 heteroatoms. The number of amides is 1. The number of halogens is 1. The van der Waals surface area contributed by atoms with Gasteiger partial charge in [-0.15, -0.1) is 0 Å². The van der Waals surface area contributed by atoms with Crippen LogP contribution in [0, 0.1) is 5.92 Å². The average molecular weight is 274 g/mol. The summed E-state index contributed by atoms with van der Waals surface area (Å²) in [6.07, 6.45) is 3.50. The van der Waals surface area contributed by atoms with Crippen molar-refractivity contribution >= 4 is 12.0 Å². The van der Waals surface area contributed by atoms with Gasteiger partial charge in [-0.2, -0.15) is 0 Å². The Labute approximate surface area is 118 Å². The number of hydrogen-bond donors (Lipinski definition) is 1. The van der Waals surface area contributed by atoms with Crippen molar-refractivity contribution in [2.45, 2.75) is 18.9 Å². The Kier molecular flexibility index (Phi) is 3.83. The lowest BCUT2D eigenvalue weighted by Gasteiger charge is -2.44. The van der Waals surface area contributed by atoms with Gasteiger partial charge in [-0.25, -0.2) is 4.39 Å². The van der Waals surface area contributed by atoms with Crippen molar-refractivity contribution in [3.05, 3.63) is 41.7 Å². The fourth-order valence-electron chi connectivity index (χ4n) is 3.13. The smallest absolute Gasteiger partial charge is 0.280 e. The molecule has 20 heavy (non-hydrogen) atoms. The molecule has 3 aliphatic heterocycles. The van der Waals surface area contributed by atoms with Gasteiger partial charge in [-0.1, -0.05) is 30.3 Å². The monoisotopic (exact) mass is 274 g/mol. The number of fused-ring (bicyclic) bond motifs is 3. The largest absolute Gasteiger partial charge is 0.346 e. The van der Waals surface area contributed by atoms with E-state index in [2.05, 4.69) is 10.2 Å². The maximum absolute atomic E-state index is 13.9. The van der Waals surface area contributed by atoms with Gasteiger partial charge in [-0.3, -0.25) is 4.79 Å². The van der Waals surface area contributed by atoms with Gasteiger partial charge in [-0.05, 0) is 43.5 Å². The quantitative estimate of drug-likeness (QED) is 0.857. The highest BCUT2D eigenvalue weighted by atomic mass is 19.1. The highest BCUT2D eigenvalue weighted by Crippen LogP contribution is 2.27. The van der Waals surface area contributed by atoms with E-state index in [1.54, 1.807) is 12.1 Å². The van der Waals surface area contributed by atoms with Gasteiger partial charge in [0.15, 0.2) is 5.83 Å². The summed E-state index contributed by atoms with van der Waals surface area (Å²) < 4.78 is 13.9. The Morgan fingerprint density at radius 2 is 1.95 bits per heavy atom. The molecule has 3 fully saturated rings. The van der Waals surface area contributed by atoms with E-state index in [1.165, 1.54) is 6.08 Å². The molecule has 0 spiro atoms. The van der Waals surface area contributed by atoms with Crippen LogP contribution in [0.15, 0.2) is 36.2 Å². The van der Waals surface area contributed by atoms with Crippen LogP contribution in [-0.4, -0.2) is 36.5 Å². The van der Waals surface area contributed by atoms with Crippen LogP contribution in [0.1, 0.15) is 18.4 Å². The van der Waals surface area contributed by atoms with Gasteiger partial charge in [0.25, 0.3) is 5.91 Å². The number of carbonyl (C=O) groups is 1. The number of hydrogen-bond acceptors (Lipinski definition) is 2. The molecule has 1 N–H and O–H groups in total. The van der Waals surface area contributed by atoms with Gasteiger partial charge in [0, 0.05) is 12.6 Å². The van der Waals surface area contributed by atoms with Crippen LogP contribution in [0.25, 0.3) is 6.08 Å². The summed E-state index contributed by atoms with van der Waals surface area (Å²) in [5, 5.41) is 2.85. The summed E-state index contributed by atoms with van der Waals surface area (Å²) in [6.45, 7) is 3.08. The van der Waals surface area contributed by atoms with Gasteiger partial charge >= 0.3 is 0 Å². The van der Waals surface area contributed by atoms with E-state index in [9.17, 15) is 9.18 Å². The molecule has 3 saturated heterocycles. The van der Waals surface area contributed by atoms with Crippen molar-refractivity contribution < 1.29 is 9.18 Å². The molecule has 0 radical (unpaired) electrons. The number of carbonyl (C=O) groups excluding carboxylic acids is 1. The van der Waals surface area contributed by atoms with Crippen molar-refractivity contribution in [2.24, 2.45) is 5.92 Å². The second-order valence-corrected chi connectivity index (χ2v) is 5.62. The molecule has 3 nitrogen and oxygen atoms in total. The van der Waals surface area contributed by atoms with Gasteiger partial charge in [0.1, 0.15) is 0 Å². The zero-order valence-electron chi connectivity index (χ0n) is 11.4. The van der Waals surface area contributed by atoms with E-state index in [4.69, 9.17) is 0 Å². The van der Waals surface area contributed by atoms with Crippen molar-refractivity contribution in [3.63, 3.8) is 0 Å². The summed E-state index contributed by atoms with van der Waals surface area (Å²) in [4.78, 5) is 14.3. The van der Waals surface area contributed by atoms with Crippen LogP contribution in [0.5, 0.6) is 0 Å². The minimum Gasteiger partial charge on any atom is -0.346 e. The molecule has 106 valence electrons. The minimum absolute atomic E-state index is 0.0972. The number of nitrogens with zero attached hydrogens (tertiary/aromatic N) is 1. The second kappa shape index (κ2) is 5.75. The Bertz CT molecular complexity index is 506. The van der Waals surface area contributed by atoms with E-state index in [0.717, 1.165) is 32.5 Å². The standard InChI is InChI=1S/C16H19FN2O/c17-14(10-12-4-2-1-3-5-12)16(20)18-15-11-19-8-6-13(15)7-9-19/h1-5,10,13,15H,6-9,11H2,(H,18,20). The van der Waals surface area contributed by atoms with Crippen molar-refractivity contribution in [3.8, 4) is 0 Å². The fourth-order valence-corrected chi connectivity index (χ4v) is 3.13. The molecule has 1 atom stereocenters. The molecule has 4 rings (SSSR count). The Morgan fingerprint density at radius 1 is 1.25 bits per heavy atom.